The zero-order chi connectivity index (χ0) is 16.5. The average Bonchev–Trinajstić information content (AvgIpc) is 3.01. The third-order valence-corrected chi connectivity index (χ3v) is 4.85. The van der Waals surface area contributed by atoms with Crippen LogP contribution in [-0.4, -0.2) is 40.0 Å². The zero-order valence-corrected chi connectivity index (χ0v) is 13.8. The highest BCUT2D eigenvalue weighted by Crippen LogP contribution is 2.31. The minimum atomic E-state index is 0.103. The predicted octanol–water partition coefficient (Wildman–Crippen LogP) is 2.82. The van der Waals surface area contributed by atoms with Crippen LogP contribution in [-0.2, 0) is 6.42 Å². The van der Waals surface area contributed by atoms with Gasteiger partial charge in [0, 0.05) is 49.6 Å². The zero-order valence-electron chi connectivity index (χ0n) is 13.8. The van der Waals surface area contributed by atoms with Crippen LogP contribution in [0.5, 0.6) is 5.75 Å². The Hall–Kier alpha value is -2.43. The highest BCUT2D eigenvalue weighted by atomic mass is 16.5. The van der Waals surface area contributed by atoms with Gasteiger partial charge < -0.3 is 9.64 Å². The van der Waals surface area contributed by atoms with Crippen LogP contribution in [0.4, 0.5) is 0 Å². The Morgan fingerprint density at radius 2 is 2.25 bits per heavy atom. The molecule has 2 atom stereocenters. The lowest BCUT2D eigenvalue weighted by atomic mass is 9.94. The Morgan fingerprint density at radius 3 is 3.08 bits per heavy atom. The van der Waals surface area contributed by atoms with Crippen molar-refractivity contribution in [3.63, 3.8) is 0 Å². The second kappa shape index (κ2) is 6.23. The van der Waals surface area contributed by atoms with Crippen LogP contribution in [0.15, 0.2) is 36.8 Å². The lowest BCUT2D eigenvalue weighted by Gasteiger charge is -2.32. The number of hydrogen-bond donors (Lipinski definition) is 0. The second-order valence-electron chi connectivity index (χ2n) is 6.68. The van der Waals surface area contributed by atoms with Gasteiger partial charge in [-0.25, -0.2) is 0 Å². The third kappa shape index (κ3) is 2.86. The molecule has 0 unspecified atom stereocenters. The number of fused-ring (bicyclic) bond motifs is 1. The Balaban J connectivity index is 1.51. The standard InChI is InChI=1S/C19H21N3O2/c1-13-9-16-10-14(4-5-18(16)24-13)19(23)22-8-2-3-15(12-22)17-11-20-6-7-21-17/h4-7,10-11,13,15H,2-3,8-9,12H2,1H3/t13-,15-/m0/s1. The monoisotopic (exact) mass is 323 g/mol. The summed E-state index contributed by atoms with van der Waals surface area (Å²) in [6, 6.07) is 5.80. The van der Waals surface area contributed by atoms with E-state index in [1.807, 2.05) is 29.3 Å². The molecular weight excluding hydrogens is 302 g/mol. The molecule has 0 N–H and O–H groups in total. The fourth-order valence-electron chi connectivity index (χ4n) is 3.66. The minimum Gasteiger partial charge on any atom is -0.490 e. The Bertz CT molecular complexity index is 748. The van der Waals surface area contributed by atoms with Gasteiger partial charge in [0.15, 0.2) is 0 Å². The topological polar surface area (TPSA) is 55.3 Å². The summed E-state index contributed by atoms with van der Waals surface area (Å²) < 4.78 is 5.72. The van der Waals surface area contributed by atoms with E-state index in [4.69, 9.17) is 4.74 Å². The van der Waals surface area contributed by atoms with E-state index < -0.39 is 0 Å². The number of hydrogen-bond acceptors (Lipinski definition) is 4. The van der Waals surface area contributed by atoms with Gasteiger partial charge in [0.1, 0.15) is 11.9 Å². The fourth-order valence-corrected chi connectivity index (χ4v) is 3.66. The maximum absolute atomic E-state index is 12.9. The molecule has 1 amide bonds. The summed E-state index contributed by atoms with van der Waals surface area (Å²) >= 11 is 0. The smallest absolute Gasteiger partial charge is 0.253 e. The highest BCUT2D eigenvalue weighted by Gasteiger charge is 2.27. The molecule has 1 saturated heterocycles. The molecule has 0 bridgehead atoms. The molecule has 2 aliphatic rings. The van der Waals surface area contributed by atoms with Crippen molar-refractivity contribution >= 4 is 5.91 Å². The number of ether oxygens (including phenoxy) is 1. The predicted molar refractivity (Wildman–Crippen MR) is 90.1 cm³/mol. The lowest BCUT2D eigenvalue weighted by Crippen LogP contribution is -2.39. The number of aromatic nitrogens is 2. The van der Waals surface area contributed by atoms with Gasteiger partial charge in [-0.1, -0.05) is 0 Å². The van der Waals surface area contributed by atoms with Gasteiger partial charge in [0.2, 0.25) is 0 Å². The first-order valence-corrected chi connectivity index (χ1v) is 8.55. The number of nitrogens with zero attached hydrogens (tertiary/aromatic N) is 3. The van der Waals surface area contributed by atoms with Gasteiger partial charge in [-0.2, -0.15) is 0 Å². The molecule has 124 valence electrons. The highest BCUT2D eigenvalue weighted by molar-refractivity contribution is 5.94. The lowest BCUT2D eigenvalue weighted by molar-refractivity contribution is 0.0705. The first-order valence-electron chi connectivity index (χ1n) is 8.55. The number of rotatable bonds is 2. The quantitative estimate of drug-likeness (QED) is 0.853. The molecular formula is C19H21N3O2. The van der Waals surface area contributed by atoms with Gasteiger partial charge in [-0.3, -0.25) is 14.8 Å². The van der Waals surface area contributed by atoms with Crippen molar-refractivity contribution in [3.8, 4) is 5.75 Å². The van der Waals surface area contributed by atoms with Gasteiger partial charge in [0.25, 0.3) is 5.91 Å². The molecule has 5 heteroatoms. The summed E-state index contributed by atoms with van der Waals surface area (Å²) in [5.41, 5.74) is 2.87. The number of benzene rings is 1. The van der Waals surface area contributed by atoms with E-state index in [1.54, 1.807) is 12.4 Å². The average molecular weight is 323 g/mol. The maximum Gasteiger partial charge on any atom is 0.253 e. The first-order chi connectivity index (χ1) is 11.7. The molecule has 0 saturated carbocycles. The molecule has 3 heterocycles. The summed E-state index contributed by atoms with van der Waals surface area (Å²) in [5.74, 6) is 1.29. The van der Waals surface area contributed by atoms with Gasteiger partial charge in [0.05, 0.1) is 5.69 Å². The molecule has 24 heavy (non-hydrogen) atoms. The number of carbonyl (C=O) groups is 1. The molecule has 5 nitrogen and oxygen atoms in total. The summed E-state index contributed by atoms with van der Waals surface area (Å²) in [5, 5.41) is 0. The molecule has 2 aromatic rings. The van der Waals surface area contributed by atoms with E-state index in [-0.39, 0.29) is 17.9 Å². The number of amides is 1. The SMILES string of the molecule is C[C@H]1Cc2cc(C(=O)N3CCC[C@H](c4cnccn4)C3)ccc2O1. The summed E-state index contributed by atoms with van der Waals surface area (Å²) in [7, 11) is 0. The van der Waals surface area contributed by atoms with Gasteiger partial charge >= 0.3 is 0 Å². The van der Waals surface area contributed by atoms with Gasteiger partial charge in [-0.05, 0) is 43.5 Å². The summed E-state index contributed by atoms with van der Waals surface area (Å²) in [4.78, 5) is 23.4. The largest absolute Gasteiger partial charge is 0.490 e. The van der Waals surface area contributed by atoms with Crippen LogP contribution in [0.3, 0.4) is 0 Å². The van der Waals surface area contributed by atoms with Crippen molar-refractivity contribution in [3.05, 3.63) is 53.6 Å². The Kier molecular flexibility index (Phi) is 3.92. The minimum absolute atomic E-state index is 0.103. The molecule has 1 aromatic heterocycles. The third-order valence-electron chi connectivity index (χ3n) is 4.85. The van der Waals surface area contributed by atoms with Crippen molar-refractivity contribution in [1.82, 2.24) is 14.9 Å². The van der Waals surface area contributed by atoms with E-state index >= 15 is 0 Å². The van der Waals surface area contributed by atoms with Crippen molar-refractivity contribution in [2.45, 2.75) is 38.2 Å². The van der Waals surface area contributed by atoms with Crippen molar-refractivity contribution in [1.29, 1.82) is 0 Å². The Labute approximate surface area is 141 Å². The maximum atomic E-state index is 12.9. The van der Waals surface area contributed by atoms with Crippen LogP contribution in [0, 0.1) is 0 Å². The van der Waals surface area contributed by atoms with Crippen molar-refractivity contribution in [2.75, 3.05) is 13.1 Å². The molecule has 0 radical (unpaired) electrons. The van der Waals surface area contributed by atoms with Gasteiger partial charge in [-0.15, -0.1) is 0 Å². The normalized spacial score (nSPS) is 22.8. The van der Waals surface area contributed by atoms with Crippen LogP contribution in [0.2, 0.25) is 0 Å². The molecule has 0 aliphatic carbocycles. The number of likely N-dealkylation sites (tertiary alicyclic amines) is 1. The van der Waals surface area contributed by atoms with Crippen molar-refractivity contribution in [2.24, 2.45) is 0 Å². The van der Waals surface area contributed by atoms with Crippen LogP contribution in [0.25, 0.3) is 0 Å². The Morgan fingerprint density at radius 1 is 1.33 bits per heavy atom. The van der Waals surface area contributed by atoms with E-state index in [1.165, 1.54) is 0 Å². The second-order valence-corrected chi connectivity index (χ2v) is 6.68. The molecule has 0 spiro atoms. The fraction of sp³-hybridized carbons (Fsp3) is 0.421. The van der Waals surface area contributed by atoms with Crippen molar-refractivity contribution < 1.29 is 9.53 Å². The van der Waals surface area contributed by atoms with E-state index in [9.17, 15) is 4.79 Å². The van der Waals surface area contributed by atoms with E-state index in [2.05, 4.69) is 16.9 Å². The summed E-state index contributed by atoms with van der Waals surface area (Å²) in [6.07, 6.45) is 8.34. The molecule has 1 fully saturated rings. The van der Waals surface area contributed by atoms with Crippen LogP contribution >= 0.6 is 0 Å². The van der Waals surface area contributed by atoms with Crippen LogP contribution < -0.4 is 4.74 Å². The molecule has 1 aromatic carbocycles. The number of piperidine rings is 1. The number of carbonyl (C=O) groups excluding carboxylic acids is 1. The van der Waals surface area contributed by atoms with E-state index in [0.29, 0.717) is 6.54 Å². The first kappa shape index (κ1) is 15.1. The molecule has 4 rings (SSSR count). The van der Waals surface area contributed by atoms with E-state index in [0.717, 1.165) is 48.4 Å². The molecule has 2 aliphatic heterocycles. The summed E-state index contributed by atoms with van der Waals surface area (Å²) in [6.45, 7) is 3.57. The van der Waals surface area contributed by atoms with Crippen LogP contribution in [0.1, 0.15) is 47.3 Å².